The Hall–Kier alpha value is -1.37. The summed E-state index contributed by atoms with van der Waals surface area (Å²) in [6.45, 7) is 0. The van der Waals surface area contributed by atoms with Crippen LogP contribution in [0.5, 0.6) is 5.75 Å². The van der Waals surface area contributed by atoms with Gasteiger partial charge < -0.3 is 15.0 Å². The minimum Gasteiger partial charge on any atom is -0.497 e. The first-order valence-electron chi connectivity index (χ1n) is 8.12. The number of carbonyl (C=O) groups is 1. The molecule has 2 saturated heterocycles. The van der Waals surface area contributed by atoms with Crippen LogP contribution in [-0.2, 0) is 0 Å². The molecule has 1 N–H and O–H groups in total. The summed E-state index contributed by atoms with van der Waals surface area (Å²) < 4.78 is 10.6. The lowest BCUT2D eigenvalue weighted by atomic mass is 9.98. The number of aromatic nitrogens is 1. The smallest absolute Gasteiger partial charge is 0.271 e. The van der Waals surface area contributed by atoms with E-state index in [0.29, 0.717) is 17.8 Å². The molecule has 0 saturated carbocycles. The predicted molar refractivity (Wildman–Crippen MR) is 98.5 cm³/mol. The van der Waals surface area contributed by atoms with Gasteiger partial charge >= 0.3 is 0 Å². The van der Waals surface area contributed by atoms with E-state index in [1.54, 1.807) is 7.11 Å². The number of hydrogen-bond acceptors (Lipinski definition) is 5. The Balaban J connectivity index is 0.00000169. The Kier molecular flexibility index (Phi) is 4.99. The first-order valence-corrected chi connectivity index (χ1v) is 8.89. The molecule has 3 heterocycles. The molecule has 5 nitrogen and oxygen atoms in total. The SMILES string of the molecule is COc1ccc2c(C(=O)N[C@H]3C[C@H]4CC[C@@H](C3)N4C)nsc2c1.Cl. The normalized spacial score (nSPS) is 26.2. The number of hydrogen-bond donors (Lipinski definition) is 1. The molecule has 2 aliphatic rings. The summed E-state index contributed by atoms with van der Waals surface area (Å²) in [7, 11) is 3.85. The van der Waals surface area contributed by atoms with Crippen LogP contribution in [0.3, 0.4) is 0 Å². The standard InChI is InChI=1S/C17H21N3O2S.ClH/c1-20-11-3-4-12(20)8-10(7-11)18-17(21)16-14-6-5-13(22-2)9-15(14)23-19-16;/h5-6,9-12H,3-4,7-8H2,1-2H3,(H,18,21);1H/t10-,11+,12-;. The second-order valence-electron chi connectivity index (χ2n) is 6.59. The van der Waals surface area contributed by atoms with E-state index in [-0.39, 0.29) is 24.4 Å². The number of halogens is 1. The van der Waals surface area contributed by atoms with Crippen molar-refractivity contribution in [3.05, 3.63) is 23.9 Å². The van der Waals surface area contributed by atoms with Gasteiger partial charge in [-0.05, 0) is 62.5 Å². The first-order chi connectivity index (χ1) is 11.2. The maximum Gasteiger partial charge on any atom is 0.271 e. The average molecular weight is 368 g/mol. The highest BCUT2D eigenvalue weighted by molar-refractivity contribution is 7.13. The number of ether oxygens (including phenoxy) is 1. The van der Waals surface area contributed by atoms with Crippen LogP contribution in [0, 0.1) is 0 Å². The summed E-state index contributed by atoms with van der Waals surface area (Å²) >= 11 is 1.35. The van der Waals surface area contributed by atoms with Gasteiger partial charge in [-0.2, -0.15) is 4.37 Å². The van der Waals surface area contributed by atoms with Crippen LogP contribution < -0.4 is 10.1 Å². The van der Waals surface area contributed by atoms with Crippen molar-refractivity contribution in [2.75, 3.05) is 14.2 Å². The van der Waals surface area contributed by atoms with E-state index >= 15 is 0 Å². The Morgan fingerprint density at radius 3 is 2.71 bits per heavy atom. The fourth-order valence-electron chi connectivity index (χ4n) is 3.99. The number of rotatable bonds is 3. The molecule has 7 heteroatoms. The number of benzene rings is 1. The first kappa shape index (κ1) is 17.5. The van der Waals surface area contributed by atoms with Crippen LogP contribution in [0.25, 0.3) is 10.1 Å². The van der Waals surface area contributed by atoms with Crippen LogP contribution in [0.4, 0.5) is 0 Å². The summed E-state index contributed by atoms with van der Waals surface area (Å²) in [4.78, 5) is 15.1. The summed E-state index contributed by atoms with van der Waals surface area (Å²) in [5.41, 5.74) is 0.541. The van der Waals surface area contributed by atoms with Crippen molar-refractivity contribution in [3.63, 3.8) is 0 Å². The molecule has 2 bridgehead atoms. The van der Waals surface area contributed by atoms with Crippen molar-refractivity contribution in [2.45, 2.75) is 43.8 Å². The molecule has 2 aromatic rings. The van der Waals surface area contributed by atoms with E-state index in [2.05, 4.69) is 21.6 Å². The lowest BCUT2D eigenvalue weighted by molar-refractivity contribution is 0.0880. The minimum atomic E-state index is -0.0460. The van der Waals surface area contributed by atoms with Crippen molar-refractivity contribution in [2.24, 2.45) is 0 Å². The third-order valence-corrected chi connectivity index (χ3v) is 6.14. The highest BCUT2D eigenvalue weighted by Gasteiger charge is 2.39. The second kappa shape index (κ2) is 6.86. The van der Waals surface area contributed by atoms with Crippen LogP contribution >= 0.6 is 23.9 Å². The summed E-state index contributed by atoms with van der Waals surface area (Å²) in [5.74, 6) is 0.746. The molecular weight excluding hydrogens is 346 g/mol. The van der Waals surface area contributed by atoms with Crippen LogP contribution in [-0.4, -0.2) is 47.5 Å². The minimum absolute atomic E-state index is 0. The van der Waals surface area contributed by atoms with E-state index < -0.39 is 0 Å². The van der Waals surface area contributed by atoms with Crippen molar-refractivity contribution in [1.82, 2.24) is 14.6 Å². The third-order valence-electron chi connectivity index (χ3n) is 5.33. The van der Waals surface area contributed by atoms with Crippen LogP contribution in [0.1, 0.15) is 36.2 Å². The number of nitrogens with one attached hydrogen (secondary N) is 1. The average Bonchev–Trinajstić information content (AvgIpc) is 3.04. The van der Waals surface area contributed by atoms with Crippen molar-refractivity contribution < 1.29 is 9.53 Å². The molecule has 0 unspecified atom stereocenters. The molecule has 0 aliphatic carbocycles. The van der Waals surface area contributed by atoms with E-state index in [1.165, 1.54) is 24.4 Å². The third kappa shape index (κ3) is 2.98. The highest BCUT2D eigenvalue weighted by Crippen LogP contribution is 2.34. The second-order valence-corrected chi connectivity index (χ2v) is 7.39. The topological polar surface area (TPSA) is 54.5 Å². The van der Waals surface area contributed by atoms with Crippen LogP contribution in [0.15, 0.2) is 18.2 Å². The number of amides is 1. The zero-order valence-electron chi connectivity index (χ0n) is 13.8. The molecule has 24 heavy (non-hydrogen) atoms. The maximum atomic E-state index is 12.6. The predicted octanol–water partition coefficient (Wildman–Crippen LogP) is 3.08. The summed E-state index contributed by atoms with van der Waals surface area (Å²) in [6.07, 6.45) is 4.61. The zero-order chi connectivity index (χ0) is 16.0. The maximum absolute atomic E-state index is 12.6. The van der Waals surface area contributed by atoms with Crippen molar-refractivity contribution in [3.8, 4) is 5.75 Å². The Labute approximate surface area is 151 Å². The van der Waals surface area contributed by atoms with Crippen molar-refractivity contribution in [1.29, 1.82) is 0 Å². The van der Waals surface area contributed by atoms with Gasteiger partial charge in [0.1, 0.15) is 11.4 Å². The molecule has 3 atom stereocenters. The lowest BCUT2D eigenvalue weighted by Gasteiger charge is -2.36. The van der Waals surface area contributed by atoms with Gasteiger partial charge in [-0.15, -0.1) is 12.4 Å². The molecule has 0 spiro atoms. The van der Waals surface area contributed by atoms with Gasteiger partial charge in [0.25, 0.3) is 5.91 Å². The molecule has 0 radical (unpaired) electrons. The summed E-state index contributed by atoms with van der Waals surface area (Å²) in [5, 5.41) is 4.12. The molecule has 2 aliphatic heterocycles. The Bertz CT molecular complexity index is 737. The number of fused-ring (bicyclic) bond motifs is 3. The number of methoxy groups -OCH3 is 1. The fourth-order valence-corrected chi connectivity index (χ4v) is 4.79. The summed E-state index contributed by atoms with van der Waals surface area (Å²) in [6, 6.07) is 7.24. The van der Waals surface area contributed by atoms with Gasteiger partial charge in [0.2, 0.25) is 0 Å². The highest BCUT2D eigenvalue weighted by atomic mass is 35.5. The molecule has 1 aromatic carbocycles. The van der Waals surface area contributed by atoms with Gasteiger partial charge in [0.05, 0.1) is 11.8 Å². The lowest BCUT2D eigenvalue weighted by Crippen LogP contribution is -2.48. The van der Waals surface area contributed by atoms with E-state index in [9.17, 15) is 4.79 Å². The number of nitrogens with zero attached hydrogens (tertiary/aromatic N) is 2. The van der Waals surface area contributed by atoms with Gasteiger partial charge in [0, 0.05) is 23.5 Å². The number of piperidine rings is 1. The molecular formula is C17H22ClN3O2S. The largest absolute Gasteiger partial charge is 0.497 e. The fraction of sp³-hybridized carbons (Fsp3) is 0.529. The van der Waals surface area contributed by atoms with Crippen molar-refractivity contribution >= 4 is 39.9 Å². The van der Waals surface area contributed by atoms with Gasteiger partial charge in [-0.3, -0.25) is 4.79 Å². The molecule has 2 fully saturated rings. The zero-order valence-corrected chi connectivity index (χ0v) is 15.5. The van der Waals surface area contributed by atoms with Gasteiger partial charge in [-0.1, -0.05) is 0 Å². The Morgan fingerprint density at radius 1 is 1.33 bits per heavy atom. The van der Waals surface area contributed by atoms with E-state index in [1.807, 2.05) is 18.2 Å². The van der Waals surface area contributed by atoms with Gasteiger partial charge in [0.15, 0.2) is 0 Å². The Morgan fingerprint density at radius 2 is 2.04 bits per heavy atom. The quantitative estimate of drug-likeness (QED) is 0.905. The molecule has 130 valence electrons. The monoisotopic (exact) mass is 367 g/mol. The van der Waals surface area contributed by atoms with E-state index in [4.69, 9.17) is 4.74 Å². The number of carbonyl (C=O) groups excluding carboxylic acids is 1. The van der Waals surface area contributed by atoms with Gasteiger partial charge in [-0.25, -0.2) is 0 Å². The molecule has 1 amide bonds. The van der Waals surface area contributed by atoms with E-state index in [0.717, 1.165) is 28.7 Å². The molecule has 4 rings (SSSR count). The molecule has 1 aromatic heterocycles. The van der Waals surface area contributed by atoms with Crippen LogP contribution in [0.2, 0.25) is 0 Å².